The first-order chi connectivity index (χ1) is 7.43. The number of unbranched alkanes of at least 4 members (excludes halogenated alkanes) is 6. The molecule has 15 heavy (non-hydrogen) atoms. The average Bonchev–Trinajstić information content (AvgIpc) is 2.75. The zero-order chi connectivity index (χ0) is 10.8. The number of hydrogen-bond acceptors (Lipinski definition) is 2. The van der Waals surface area contributed by atoms with E-state index in [1.807, 2.05) is 0 Å². The Morgan fingerprint density at radius 3 is 1.87 bits per heavy atom. The van der Waals surface area contributed by atoms with E-state index < -0.39 is 0 Å². The maximum atomic E-state index is 4.22. The van der Waals surface area contributed by atoms with Gasteiger partial charge in [0.2, 0.25) is 0 Å². The molecule has 1 aliphatic heterocycles. The van der Waals surface area contributed by atoms with Crippen molar-refractivity contribution in [1.82, 2.24) is 4.90 Å². The Hall–Kier alpha value is 0.310. The number of nitrogens with zero attached hydrogens (tertiary/aromatic N) is 1. The molecule has 1 nitrogen and oxygen atoms in total. The first kappa shape index (κ1) is 13.4. The number of hydrogen-bond donors (Lipinski definition) is 1. The van der Waals surface area contributed by atoms with Gasteiger partial charge in [0.1, 0.15) is 0 Å². The minimum absolute atomic E-state index is 1.06. The zero-order valence-electron chi connectivity index (χ0n) is 10.1. The minimum Gasteiger partial charge on any atom is -0.303 e. The summed E-state index contributed by atoms with van der Waals surface area (Å²) in [6, 6.07) is 0. The third-order valence-electron chi connectivity index (χ3n) is 3.33. The van der Waals surface area contributed by atoms with Crippen LogP contribution < -0.4 is 0 Å². The molecule has 0 saturated carbocycles. The third kappa shape index (κ3) is 7.24. The predicted molar refractivity (Wildman–Crippen MR) is 71.8 cm³/mol. The lowest BCUT2D eigenvalue weighted by Gasteiger charge is -2.13. The monoisotopic (exact) mass is 229 g/mol. The average molecular weight is 229 g/mol. The maximum Gasteiger partial charge on any atom is -0.00183 e. The van der Waals surface area contributed by atoms with Gasteiger partial charge >= 0.3 is 0 Å². The van der Waals surface area contributed by atoms with Crippen LogP contribution in [0.15, 0.2) is 0 Å². The summed E-state index contributed by atoms with van der Waals surface area (Å²) in [7, 11) is 0. The van der Waals surface area contributed by atoms with Gasteiger partial charge in [-0.15, -0.1) is 0 Å². The minimum atomic E-state index is 1.06. The molecule has 0 aromatic heterocycles. The first-order valence-corrected chi connectivity index (χ1v) is 7.40. The number of rotatable bonds is 9. The molecule has 0 aromatic carbocycles. The molecule has 1 heterocycles. The van der Waals surface area contributed by atoms with Crippen LogP contribution in [-0.4, -0.2) is 30.3 Å². The van der Waals surface area contributed by atoms with Gasteiger partial charge in [-0.25, -0.2) is 0 Å². The van der Waals surface area contributed by atoms with Crippen molar-refractivity contribution in [1.29, 1.82) is 0 Å². The van der Waals surface area contributed by atoms with Crippen molar-refractivity contribution >= 4 is 12.6 Å². The fourth-order valence-corrected chi connectivity index (χ4v) is 2.56. The van der Waals surface area contributed by atoms with Crippen LogP contribution in [0.25, 0.3) is 0 Å². The van der Waals surface area contributed by atoms with Gasteiger partial charge in [0.15, 0.2) is 0 Å². The standard InChI is InChI=1S/C13H27NS/c15-13-9-5-3-1-2-4-6-10-14-11-7-8-12-14/h15H,1-13H2. The Morgan fingerprint density at radius 2 is 1.27 bits per heavy atom. The van der Waals surface area contributed by atoms with Gasteiger partial charge in [-0.05, 0) is 51.1 Å². The summed E-state index contributed by atoms with van der Waals surface area (Å²) in [5.41, 5.74) is 0. The van der Waals surface area contributed by atoms with Crippen molar-refractivity contribution in [3.63, 3.8) is 0 Å². The maximum absolute atomic E-state index is 4.22. The van der Waals surface area contributed by atoms with Gasteiger partial charge in [0.25, 0.3) is 0 Å². The molecule has 0 atom stereocenters. The molecule has 0 amide bonds. The molecule has 0 aromatic rings. The lowest BCUT2D eigenvalue weighted by atomic mass is 10.1. The van der Waals surface area contributed by atoms with Gasteiger partial charge in [-0.2, -0.15) is 12.6 Å². The molecular formula is C13H27NS. The molecule has 90 valence electrons. The molecule has 0 bridgehead atoms. The first-order valence-electron chi connectivity index (χ1n) is 6.76. The van der Waals surface area contributed by atoms with Crippen LogP contribution in [0, 0.1) is 0 Å². The van der Waals surface area contributed by atoms with Crippen molar-refractivity contribution in [2.45, 2.75) is 57.8 Å². The summed E-state index contributed by atoms with van der Waals surface area (Å²) < 4.78 is 0. The molecule has 0 spiro atoms. The number of thiol groups is 1. The summed E-state index contributed by atoms with van der Waals surface area (Å²) in [6.07, 6.45) is 12.7. The highest BCUT2D eigenvalue weighted by atomic mass is 32.1. The van der Waals surface area contributed by atoms with Crippen LogP contribution in [0.3, 0.4) is 0 Å². The van der Waals surface area contributed by atoms with Crippen molar-refractivity contribution in [2.24, 2.45) is 0 Å². The Balaban J connectivity index is 1.73. The van der Waals surface area contributed by atoms with Crippen LogP contribution in [0.2, 0.25) is 0 Å². The van der Waals surface area contributed by atoms with Crippen molar-refractivity contribution in [2.75, 3.05) is 25.4 Å². The van der Waals surface area contributed by atoms with E-state index in [0.717, 1.165) is 5.75 Å². The second-order valence-electron chi connectivity index (χ2n) is 4.75. The summed E-state index contributed by atoms with van der Waals surface area (Å²) in [5.74, 6) is 1.06. The molecule has 0 aliphatic carbocycles. The van der Waals surface area contributed by atoms with E-state index in [4.69, 9.17) is 0 Å². The van der Waals surface area contributed by atoms with Crippen LogP contribution in [0.4, 0.5) is 0 Å². The second kappa shape index (κ2) is 9.53. The predicted octanol–water partition coefficient (Wildman–Crippen LogP) is 3.74. The zero-order valence-corrected chi connectivity index (χ0v) is 11.0. The molecule has 1 saturated heterocycles. The molecule has 2 heteroatoms. The van der Waals surface area contributed by atoms with Gasteiger partial charge < -0.3 is 4.90 Å². The fourth-order valence-electron chi connectivity index (χ4n) is 2.34. The smallest absolute Gasteiger partial charge is 0.00183 e. The van der Waals surface area contributed by atoms with Crippen molar-refractivity contribution < 1.29 is 0 Å². The van der Waals surface area contributed by atoms with E-state index in [9.17, 15) is 0 Å². The third-order valence-corrected chi connectivity index (χ3v) is 3.65. The molecule has 1 aliphatic rings. The van der Waals surface area contributed by atoms with Gasteiger partial charge in [-0.3, -0.25) is 0 Å². The molecule has 1 fully saturated rings. The van der Waals surface area contributed by atoms with E-state index in [1.165, 1.54) is 77.4 Å². The summed E-state index contributed by atoms with van der Waals surface area (Å²) in [4.78, 5) is 2.63. The highest BCUT2D eigenvalue weighted by molar-refractivity contribution is 7.80. The molecule has 1 rings (SSSR count). The molecule has 0 unspecified atom stereocenters. The highest BCUT2D eigenvalue weighted by Gasteiger charge is 2.09. The van der Waals surface area contributed by atoms with E-state index >= 15 is 0 Å². The Morgan fingerprint density at radius 1 is 0.733 bits per heavy atom. The van der Waals surface area contributed by atoms with E-state index in [-0.39, 0.29) is 0 Å². The Kier molecular flexibility index (Phi) is 8.50. The topological polar surface area (TPSA) is 3.24 Å². The highest BCUT2D eigenvalue weighted by Crippen LogP contribution is 2.11. The molecular weight excluding hydrogens is 202 g/mol. The van der Waals surface area contributed by atoms with Crippen molar-refractivity contribution in [3.05, 3.63) is 0 Å². The summed E-state index contributed by atoms with van der Waals surface area (Å²) in [5, 5.41) is 0. The molecule has 0 N–H and O–H groups in total. The van der Waals surface area contributed by atoms with Crippen molar-refractivity contribution in [3.8, 4) is 0 Å². The van der Waals surface area contributed by atoms with Gasteiger partial charge in [-0.1, -0.05) is 32.1 Å². The van der Waals surface area contributed by atoms with Crippen LogP contribution in [0.1, 0.15) is 57.8 Å². The lowest BCUT2D eigenvalue weighted by molar-refractivity contribution is 0.327. The fraction of sp³-hybridized carbons (Fsp3) is 1.00. The molecule has 0 radical (unpaired) electrons. The quantitative estimate of drug-likeness (QED) is 0.465. The Labute approximate surface area is 101 Å². The Bertz CT molecular complexity index is 132. The largest absolute Gasteiger partial charge is 0.303 e. The summed E-state index contributed by atoms with van der Waals surface area (Å²) in [6.45, 7) is 4.08. The lowest BCUT2D eigenvalue weighted by Crippen LogP contribution is -2.20. The van der Waals surface area contributed by atoms with Crippen LogP contribution in [-0.2, 0) is 0 Å². The normalized spacial score (nSPS) is 17.4. The van der Waals surface area contributed by atoms with Gasteiger partial charge in [0, 0.05) is 0 Å². The van der Waals surface area contributed by atoms with Crippen LogP contribution in [0.5, 0.6) is 0 Å². The van der Waals surface area contributed by atoms with E-state index in [0.29, 0.717) is 0 Å². The van der Waals surface area contributed by atoms with E-state index in [1.54, 1.807) is 0 Å². The second-order valence-corrected chi connectivity index (χ2v) is 5.19. The van der Waals surface area contributed by atoms with Crippen LogP contribution >= 0.6 is 12.6 Å². The SMILES string of the molecule is SCCCCCCCCCN1CCCC1. The summed E-state index contributed by atoms with van der Waals surface area (Å²) >= 11 is 4.22. The van der Waals surface area contributed by atoms with Gasteiger partial charge in [0.05, 0.1) is 0 Å². The number of likely N-dealkylation sites (tertiary alicyclic amines) is 1. The van der Waals surface area contributed by atoms with E-state index in [2.05, 4.69) is 17.5 Å².